The fourth-order valence-corrected chi connectivity index (χ4v) is 4.67. The van der Waals surface area contributed by atoms with Crippen LogP contribution in [0.5, 0.6) is 5.75 Å². The van der Waals surface area contributed by atoms with Crippen LogP contribution in [0.15, 0.2) is 65.8 Å². The zero-order valence-corrected chi connectivity index (χ0v) is 19.5. The van der Waals surface area contributed by atoms with Crippen LogP contribution in [0.2, 0.25) is 0 Å². The van der Waals surface area contributed by atoms with E-state index in [9.17, 15) is 14.7 Å². The molecule has 1 aliphatic rings. The molecule has 1 N–H and O–H groups in total. The third kappa shape index (κ3) is 5.11. The third-order valence-electron chi connectivity index (χ3n) is 5.77. The molecular formula is C25H30N2O4S. The highest BCUT2D eigenvalue weighted by Crippen LogP contribution is 2.39. The molecule has 170 valence electrons. The normalized spacial score (nSPS) is 16.2. The minimum absolute atomic E-state index is 0.0346. The topological polar surface area (TPSA) is 74.1 Å². The van der Waals surface area contributed by atoms with Gasteiger partial charge in [-0.25, -0.2) is 0 Å². The number of amides is 1. The number of Topliss-reactive ketones (excluding diaryl/α,β-unsaturated/α-hetero) is 1. The highest BCUT2D eigenvalue weighted by molar-refractivity contribution is 7.12. The molecule has 0 radical (unpaired) electrons. The maximum Gasteiger partial charge on any atom is 0.239 e. The number of thiophene rings is 1. The first kappa shape index (κ1) is 23.8. The number of nitrogens with zero attached hydrogens (tertiary/aromatic N) is 1. The van der Waals surface area contributed by atoms with Gasteiger partial charge in [0, 0.05) is 18.5 Å². The zero-order chi connectivity index (χ0) is 23.1. The number of nitrogens with one attached hydrogen (secondary N) is 1. The van der Waals surface area contributed by atoms with Crippen LogP contribution in [-0.2, 0) is 4.79 Å². The number of quaternary nitrogens is 1. The Balaban J connectivity index is 1.91. The van der Waals surface area contributed by atoms with Gasteiger partial charge < -0.3 is 19.6 Å². The molecule has 1 atom stereocenters. The summed E-state index contributed by atoms with van der Waals surface area (Å²) in [5, 5.41) is 14.8. The summed E-state index contributed by atoms with van der Waals surface area (Å²) in [5.41, 5.74) is 0.762. The van der Waals surface area contributed by atoms with Crippen molar-refractivity contribution in [1.82, 2.24) is 4.90 Å². The van der Waals surface area contributed by atoms with E-state index >= 15 is 0 Å². The highest BCUT2D eigenvalue weighted by Gasteiger charge is 2.39. The minimum atomic E-state index is -0.699. The second-order valence-electron chi connectivity index (χ2n) is 7.68. The predicted octanol–water partition coefficient (Wildman–Crippen LogP) is 2.01. The number of carbonyl (C=O) groups is 2. The van der Waals surface area contributed by atoms with Crippen LogP contribution in [-0.4, -0.2) is 49.4 Å². The van der Waals surface area contributed by atoms with Crippen molar-refractivity contribution in [3.63, 3.8) is 0 Å². The van der Waals surface area contributed by atoms with Crippen LogP contribution >= 0.6 is 11.3 Å². The predicted molar refractivity (Wildman–Crippen MR) is 124 cm³/mol. The fraction of sp³-hybridized carbons (Fsp3) is 0.360. The van der Waals surface area contributed by atoms with E-state index in [1.807, 2.05) is 12.1 Å². The molecular weight excluding hydrogens is 424 g/mol. The van der Waals surface area contributed by atoms with Gasteiger partial charge in [-0.05, 0) is 48.7 Å². The highest BCUT2D eigenvalue weighted by atomic mass is 32.1. The number of hydrogen-bond donors (Lipinski definition) is 1. The van der Waals surface area contributed by atoms with Crippen molar-refractivity contribution in [1.29, 1.82) is 0 Å². The van der Waals surface area contributed by atoms with Gasteiger partial charge in [0.25, 0.3) is 0 Å². The maximum atomic E-state index is 13.2. The Labute approximate surface area is 193 Å². The van der Waals surface area contributed by atoms with Gasteiger partial charge in [-0.1, -0.05) is 30.9 Å². The Morgan fingerprint density at radius 1 is 1.25 bits per heavy atom. The molecule has 1 aromatic heterocycles. The standard InChI is InChI=1S/C25H30N2O4S/c1-4-16-31-19-12-10-18(11-13-19)22-21(23(28)20-9-7-17-32-20)24(29)25(30)27(22)15-8-14-26(5-2)6-3/h4,7,9-13,17,22,29H,1,5-6,8,14-16H2,2-3H3. The van der Waals surface area contributed by atoms with Crippen molar-refractivity contribution in [2.45, 2.75) is 26.3 Å². The quantitative estimate of drug-likeness (QED) is 0.393. The van der Waals surface area contributed by atoms with E-state index in [4.69, 9.17) is 4.74 Å². The molecule has 0 bridgehead atoms. The summed E-state index contributed by atoms with van der Waals surface area (Å²) in [4.78, 5) is 29.6. The van der Waals surface area contributed by atoms with Gasteiger partial charge in [-0.3, -0.25) is 9.59 Å². The monoisotopic (exact) mass is 454 g/mol. The summed E-state index contributed by atoms with van der Waals surface area (Å²) < 4.78 is 5.55. The molecule has 0 saturated heterocycles. The minimum Gasteiger partial charge on any atom is -0.868 e. The van der Waals surface area contributed by atoms with Crippen LogP contribution in [0.3, 0.4) is 0 Å². The lowest BCUT2D eigenvalue weighted by Gasteiger charge is -2.28. The first-order chi connectivity index (χ1) is 15.5. The lowest BCUT2D eigenvalue weighted by molar-refractivity contribution is -0.896. The first-order valence-corrected chi connectivity index (χ1v) is 11.9. The molecule has 2 heterocycles. The molecule has 6 nitrogen and oxygen atoms in total. The smallest absolute Gasteiger partial charge is 0.239 e. The van der Waals surface area contributed by atoms with Crippen molar-refractivity contribution in [3.05, 3.63) is 76.2 Å². The molecule has 0 fully saturated rings. The van der Waals surface area contributed by atoms with E-state index in [1.165, 1.54) is 16.2 Å². The molecule has 1 aromatic carbocycles. The fourth-order valence-electron chi connectivity index (χ4n) is 3.99. The molecule has 1 amide bonds. The van der Waals surface area contributed by atoms with E-state index in [2.05, 4.69) is 20.4 Å². The average molecular weight is 455 g/mol. The Kier molecular flexibility index (Phi) is 8.25. The SMILES string of the molecule is C=CCOc1ccc(C2C(C(=O)c3cccs3)=C([O-])C(=O)N2CCC[NH+](CC)CC)cc1. The van der Waals surface area contributed by atoms with E-state index in [0.29, 0.717) is 23.8 Å². The summed E-state index contributed by atoms with van der Waals surface area (Å²) in [6, 6.07) is 9.98. The van der Waals surface area contributed by atoms with Gasteiger partial charge in [-0.2, -0.15) is 0 Å². The Hall–Kier alpha value is -2.90. The van der Waals surface area contributed by atoms with Gasteiger partial charge in [0.15, 0.2) is 0 Å². The van der Waals surface area contributed by atoms with Crippen molar-refractivity contribution < 1.29 is 24.3 Å². The van der Waals surface area contributed by atoms with E-state index in [0.717, 1.165) is 31.6 Å². The molecule has 0 saturated carbocycles. The van der Waals surface area contributed by atoms with Crippen LogP contribution in [0.4, 0.5) is 0 Å². The third-order valence-corrected chi connectivity index (χ3v) is 6.64. The van der Waals surface area contributed by atoms with Gasteiger partial charge in [0.2, 0.25) is 11.7 Å². The van der Waals surface area contributed by atoms with Crippen LogP contribution in [0.25, 0.3) is 0 Å². The Morgan fingerprint density at radius 2 is 1.97 bits per heavy atom. The molecule has 0 spiro atoms. The number of carbonyl (C=O) groups excluding carboxylic acids is 2. The zero-order valence-electron chi connectivity index (χ0n) is 18.6. The average Bonchev–Trinajstić information content (AvgIpc) is 3.43. The van der Waals surface area contributed by atoms with E-state index in [1.54, 1.807) is 40.6 Å². The number of benzene rings is 1. The van der Waals surface area contributed by atoms with E-state index < -0.39 is 17.7 Å². The Morgan fingerprint density at radius 3 is 2.56 bits per heavy atom. The molecule has 7 heteroatoms. The molecule has 2 aromatic rings. The largest absolute Gasteiger partial charge is 0.868 e. The van der Waals surface area contributed by atoms with Gasteiger partial charge in [-0.15, -0.1) is 11.3 Å². The second-order valence-corrected chi connectivity index (χ2v) is 8.63. The van der Waals surface area contributed by atoms with Gasteiger partial charge in [0.05, 0.1) is 30.6 Å². The summed E-state index contributed by atoms with van der Waals surface area (Å²) in [6.45, 7) is 11.6. The lowest BCUT2D eigenvalue weighted by Crippen LogP contribution is -3.11. The lowest BCUT2D eigenvalue weighted by atomic mass is 9.95. The summed E-state index contributed by atoms with van der Waals surface area (Å²) in [5.74, 6) is -1.01. The van der Waals surface area contributed by atoms with Crippen molar-refractivity contribution >= 4 is 23.0 Å². The van der Waals surface area contributed by atoms with Crippen LogP contribution < -0.4 is 14.7 Å². The maximum absolute atomic E-state index is 13.2. The van der Waals surface area contributed by atoms with Crippen molar-refractivity contribution in [3.8, 4) is 5.75 Å². The first-order valence-electron chi connectivity index (χ1n) is 11.0. The second kappa shape index (κ2) is 11.1. The Bertz CT molecular complexity index is 962. The van der Waals surface area contributed by atoms with Gasteiger partial charge >= 0.3 is 0 Å². The van der Waals surface area contributed by atoms with E-state index in [-0.39, 0.29) is 11.4 Å². The van der Waals surface area contributed by atoms with Crippen LogP contribution in [0, 0.1) is 0 Å². The summed E-state index contributed by atoms with van der Waals surface area (Å²) in [6.07, 6.45) is 2.42. The molecule has 32 heavy (non-hydrogen) atoms. The molecule has 0 aliphatic carbocycles. The summed E-state index contributed by atoms with van der Waals surface area (Å²) in [7, 11) is 0. The molecule has 1 aliphatic heterocycles. The molecule has 1 unspecified atom stereocenters. The number of ether oxygens (including phenoxy) is 1. The number of hydrogen-bond acceptors (Lipinski definition) is 5. The van der Waals surface area contributed by atoms with Crippen molar-refractivity contribution in [2.75, 3.05) is 32.8 Å². The van der Waals surface area contributed by atoms with Crippen LogP contribution in [0.1, 0.15) is 41.5 Å². The number of ketones is 1. The van der Waals surface area contributed by atoms with Gasteiger partial charge in [0.1, 0.15) is 12.4 Å². The number of rotatable bonds is 12. The molecule has 3 rings (SSSR count). The summed E-state index contributed by atoms with van der Waals surface area (Å²) >= 11 is 1.27. The van der Waals surface area contributed by atoms with Crippen molar-refractivity contribution in [2.24, 2.45) is 0 Å².